The fraction of sp³-hybridized carbons (Fsp3) is 0.200. The lowest BCUT2D eigenvalue weighted by Crippen LogP contribution is -2.60. The van der Waals surface area contributed by atoms with Gasteiger partial charge in [0.2, 0.25) is 0 Å². The topological polar surface area (TPSA) is 41.3 Å². The number of nitrogens with two attached hydrogens (primary N) is 1. The first-order chi connectivity index (χ1) is 23.8. The maximum Gasteiger partial charge on any atom is 0.0985 e. The Morgan fingerprint density at radius 2 is 0.646 bits per heavy atom. The van der Waals surface area contributed by atoms with E-state index in [-0.39, 0.29) is 0 Å². The van der Waals surface area contributed by atoms with Gasteiger partial charge in [0.05, 0.1) is 11.1 Å². The summed E-state index contributed by atoms with van der Waals surface area (Å²) >= 11 is 0. The van der Waals surface area contributed by atoms with Crippen LogP contribution in [0, 0.1) is 0 Å². The molecule has 0 saturated heterocycles. The Hall–Kier alpha value is -4.80. The highest BCUT2D eigenvalue weighted by Crippen LogP contribution is 2.53. The molecule has 6 rings (SSSR count). The van der Waals surface area contributed by atoms with Gasteiger partial charge in [-0.2, -0.15) is 0 Å². The van der Waals surface area contributed by atoms with Crippen molar-refractivity contribution in [3.63, 3.8) is 0 Å². The molecule has 0 bridgehead atoms. The molecule has 0 aliphatic rings. The van der Waals surface area contributed by atoms with Crippen molar-refractivity contribution in [1.29, 1.82) is 0 Å². The Morgan fingerprint density at radius 1 is 0.375 bits per heavy atom. The third-order valence-corrected chi connectivity index (χ3v) is 9.50. The van der Waals surface area contributed by atoms with Crippen LogP contribution >= 0.6 is 0 Å². The van der Waals surface area contributed by atoms with Crippen molar-refractivity contribution in [2.75, 3.05) is 26.2 Å². The van der Waals surface area contributed by atoms with Crippen LogP contribution < -0.4 is 11.1 Å². The molecule has 0 heterocycles. The summed E-state index contributed by atoms with van der Waals surface area (Å²) in [4.78, 5) is 2.81. The van der Waals surface area contributed by atoms with E-state index in [0.717, 1.165) is 45.4 Å². The molecule has 6 aromatic carbocycles. The highest BCUT2D eigenvalue weighted by molar-refractivity contribution is 5.56. The van der Waals surface area contributed by atoms with Gasteiger partial charge in [0.15, 0.2) is 0 Å². The molecular weight excluding hydrogens is 583 g/mol. The molecule has 0 saturated carbocycles. The second-order valence-corrected chi connectivity index (χ2v) is 12.4. The molecule has 3 heteroatoms. The third kappa shape index (κ3) is 6.63. The van der Waals surface area contributed by atoms with Gasteiger partial charge in [-0.15, -0.1) is 0 Å². The van der Waals surface area contributed by atoms with E-state index in [0.29, 0.717) is 0 Å². The monoisotopic (exact) mass is 629 g/mol. The summed E-state index contributed by atoms with van der Waals surface area (Å²) in [6, 6.07) is 66.6. The maximum absolute atomic E-state index is 5.80. The first-order valence-electron chi connectivity index (χ1n) is 17.3. The average molecular weight is 630 g/mol. The van der Waals surface area contributed by atoms with Crippen molar-refractivity contribution >= 4 is 0 Å². The van der Waals surface area contributed by atoms with Gasteiger partial charge in [0.25, 0.3) is 0 Å². The minimum Gasteiger partial charge on any atom is -0.330 e. The number of hydrogen-bond donors (Lipinski definition) is 2. The number of nitrogens with zero attached hydrogens (tertiary/aromatic N) is 1. The van der Waals surface area contributed by atoms with Crippen LogP contribution in [0.3, 0.4) is 0 Å². The van der Waals surface area contributed by atoms with Gasteiger partial charge in [-0.05, 0) is 72.3 Å². The Balaban J connectivity index is 1.72. The molecular formula is C45H47N3. The highest BCUT2D eigenvalue weighted by atomic mass is 15.3. The van der Waals surface area contributed by atoms with Crippen LogP contribution in [0.15, 0.2) is 182 Å². The van der Waals surface area contributed by atoms with Crippen molar-refractivity contribution in [3.05, 3.63) is 215 Å². The second-order valence-electron chi connectivity index (χ2n) is 12.4. The summed E-state index contributed by atoms with van der Waals surface area (Å²) in [5.74, 6) is 0. The molecule has 0 spiro atoms. The average Bonchev–Trinajstić information content (AvgIpc) is 3.17. The lowest BCUT2D eigenvalue weighted by atomic mass is 9.67. The SMILES string of the molecule is NCCCCNCCCN(C(c1ccccc1)(c1ccccc1)c1ccccc1)C(c1ccccc1)(c1ccccc1)c1ccccc1. The summed E-state index contributed by atoms with van der Waals surface area (Å²) in [6.07, 6.45) is 3.08. The van der Waals surface area contributed by atoms with Crippen LogP contribution in [0.1, 0.15) is 52.6 Å². The largest absolute Gasteiger partial charge is 0.330 e. The van der Waals surface area contributed by atoms with Crippen molar-refractivity contribution in [3.8, 4) is 0 Å². The normalized spacial score (nSPS) is 11.9. The lowest BCUT2D eigenvalue weighted by Gasteiger charge is -2.56. The number of rotatable bonds is 16. The molecule has 242 valence electrons. The minimum atomic E-state index is -0.676. The number of nitrogens with one attached hydrogen (secondary N) is 1. The van der Waals surface area contributed by atoms with E-state index in [9.17, 15) is 0 Å². The highest BCUT2D eigenvalue weighted by Gasteiger charge is 2.53. The Morgan fingerprint density at radius 3 is 0.917 bits per heavy atom. The maximum atomic E-state index is 5.80. The number of hydrogen-bond acceptors (Lipinski definition) is 3. The summed E-state index contributed by atoms with van der Waals surface area (Å²) in [5, 5.41) is 3.73. The van der Waals surface area contributed by atoms with Crippen molar-refractivity contribution in [2.45, 2.75) is 30.3 Å². The van der Waals surface area contributed by atoms with Crippen LogP contribution in [0.2, 0.25) is 0 Å². The Kier molecular flexibility index (Phi) is 11.3. The van der Waals surface area contributed by atoms with E-state index < -0.39 is 11.1 Å². The number of benzene rings is 6. The zero-order valence-corrected chi connectivity index (χ0v) is 27.8. The first-order valence-corrected chi connectivity index (χ1v) is 17.3. The van der Waals surface area contributed by atoms with Crippen LogP contribution in [0.5, 0.6) is 0 Å². The Bertz CT molecular complexity index is 1440. The first kappa shape index (κ1) is 33.1. The predicted octanol–water partition coefficient (Wildman–Crippen LogP) is 8.99. The molecule has 0 radical (unpaired) electrons. The summed E-state index contributed by atoms with van der Waals surface area (Å²) in [6.45, 7) is 3.42. The van der Waals surface area contributed by atoms with Crippen molar-refractivity contribution in [1.82, 2.24) is 10.2 Å². The standard InChI is InChI=1S/C45H47N3/c46-34-19-20-35-47-36-21-37-48(44(38-22-7-1-8-23-38,39-24-9-2-10-25-39)40-26-11-3-12-27-40)45(41-28-13-4-14-29-41,42-30-15-5-16-31-42)43-32-17-6-18-33-43/h1-18,22-33,47H,19-21,34-37,46H2. The molecule has 0 aromatic heterocycles. The van der Waals surface area contributed by atoms with Gasteiger partial charge in [0, 0.05) is 6.54 Å². The smallest absolute Gasteiger partial charge is 0.0985 e. The molecule has 0 aliphatic carbocycles. The second kappa shape index (κ2) is 16.3. The zero-order valence-electron chi connectivity index (χ0n) is 27.8. The Labute approximate surface area is 287 Å². The van der Waals surface area contributed by atoms with E-state index in [1.54, 1.807) is 0 Å². The van der Waals surface area contributed by atoms with Crippen LogP contribution in [-0.4, -0.2) is 31.1 Å². The fourth-order valence-corrected chi connectivity index (χ4v) is 7.48. The van der Waals surface area contributed by atoms with Crippen molar-refractivity contribution < 1.29 is 0 Å². The van der Waals surface area contributed by atoms with E-state index in [1.165, 1.54) is 33.4 Å². The van der Waals surface area contributed by atoms with Gasteiger partial charge in [0.1, 0.15) is 0 Å². The zero-order chi connectivity index (χ0) is 32.9. The summed E-state index contributed by atoms with van der Waals surface area (Å²) < 4.78 is 0. The van der Waals surface area contributed by atoms with E-state index in [1.807, 2.05) is 0 Å². The van der Waals surface area contributed by atoms with Crippen LogP contribution in [0.25, 0.3) is 0 Å². The van der Waals surface area contributed by atoms with Crippen LogP contribution in [-0.2, 0) is 11.1 Å². The van der Waals surface area contributed by atoms with Crippen molar-refractivity contribution in [2.24, 2.45) is 5.73 Å². The van der Waals surface area contributed by atoms with Gasteiger partial charge >= 0.3 is 0 Å². The molecule has 0 unspecified atom stereocenters. The van der Waals surface area contributed by atoms with E-state index in [2.05, 4.69) is 192 Å². The molecule has 6 aromatic rings. The van der Waals surface area contributed by atoms with Gasteiger partial charge < -0.3 is 11.1 Å². The minimum absolute atomic E-state index is 0.676. The molecule has 48 heavy (non-hydrogen) atoms. The summed E-state index contributed by atoms with van der Waals surface area (Å²) in [5.41, 5.74) is 11.8. The molecule has 0 atom stereocenters. The number of unbranched alkanes of at least 4 members (excludes halogenated alkanes) is 1. The fourth-order valence-electron chi connectivity index (χ4n) is 7.48. The predicted molar refractivity (Wildman–Crippen MR) is 201 cm³/mol. The third-order valence-electron chi connectivity index (χ3n) is 9.50. The molecule has 3 N–H and O–H groups in total. The quantitative estimate of drug-likeness (QED) is 0.0830. The van der Waals surface area contributed by atoms with Crippen LogP contribution in [0.4, 0.5) is 0 Å². The van der Waals surface area contributed by atoms with E-state index in [4.69, 9.17) is 5.73 Å². The summed E-state index contributed by atoms with van der Waals surface area (Å²) in [7, 11) is 0. The van der Waals surface area contributed by atoms with Gasteiger partial charge in [-0.25, -0.2) is 0 Å². The van der Waals surface area contributed by atoms with Gasteiger partial charge in [-0.1, -0.05) is 182 Å². The molecule has 3 nitrogen and oxygen atoms in total. The lowest BCUT2D eigenvalue weighted by molar-refractivity contribution is 0.0636. The van der Waals surface area contributed by atoms with E-state index >= 15 is 0 Å². The molecule has 0 fully saturated rings. The molecule has 0 amide bonds. The molecule has 0 aliphatic heterocycles. The van der Waals surface area contributed by atoms with Gasteiger partial charge in [-0.3, -0.25) is 4.90 Å².